The topological polar surface area (TPSA) is 85.2 Å². The largest absolute Gasteiger partial charge is 0.465 e. The number of nitrogens with zero attached hydrogens (tertiary/aromatic N) is 1. The van der Waals surface area contributed by atoms with Crippen molar-refractivity contribution in [3.63, 3.8) is 0 Å². The number of benzene rings is 2. The Balaban J connectivity index is 2.33. The lowest BCUT2D eigenvalue weighted by molar-refractivity contribution is -0.486. The molecule has 0 aliphatic carbocycles. The minimum Gasteiger partial charge on any atom is -0.465 e. The minimum absolute atomic E-state index is 0.146. The summed E-state index contributed by atoms with van der Waals surface area (Å²) in [4.78, 5) is 27.2. The highest BCUT2D eigenvalue weighted by atomic mass is 16.6. The second-order valence-corrected chi connectivity index (χ2v) is 5.73. The van der Waals surface area contributed by atoms with Gasteiger partial charge in [-0.25, -0.2) is 0 Å². The maximum atomic E-state index is 13.0. The zero-order valence-corrected chi connectivity index (χ0v) is 13.8. The van der Waals surface area contributed by atoms with Gasteiger partial charge in [0.05, 0.1) is 6.61 Å². The summed E-state index contributed by atoms with van der Waals surface area (Å²) in [5.41, 5.74) is 0.380. The average Bonchev–Trinajstić information content (AvgIpc) is 3.05. The maximum Gasteiger partial charge on any atom is 0.327 e. The van der Waals surface area contributed by atoms with E-state index < -0.39 is 22.9 Å². The third-order valence-electron chi connectivity index (χ3n) is 4.31. The molecule has 6 heteroatoms. The van der Waals surface area contributed by atoms with Crippen molar-refractivity contribution in [3.8, 4) is 0 Å². The Labute approximate surface area is 144 Å². The third kappa shape index (κ3) is 2.87. The molecule has 0 fully saturated rings. The summed E-state index contributed by atoms with van der Waals surface area (Å²) in [5.74, 6) is -0.623. The van der Waals surface area contributed by atoms with E-state index in [1.807, 2.05) is 24.3 Å². The number of aromatic amines is 1. The summed E-state index contributed by atoms with van der Waals surface area (Å²) in [7, 11) is 0. The molecule has 2 aromatic carbocycles. The molecule has 0 bridgehead atoms. The molecular weight excluding hydrogens is 320 g/mol. The molecular formula is C19H18N2O4. The van der Waals surface area contributed by atoms with Gasteiger partial charge in [0.1, 0.15) is 0 Å². The predicted molar refractivity (Wildman–Crippen MR) is 94.0 cm³/mol. The average molecular weight is 338 g/mol. The van der Waals surface area contributed by atoms with E-state index in [2.05, 4.69) is 4.98 Å². The predicted octanol–water partition coefficient (Wildman–Crippen LogP) is 3.29. The molecule has 128 valence electrons. The number of ether oxygens (including phenoxy) is 1. The lowest BCUT2D eigenvalue weighted by Gasteiger charge is -2.28. The molecule has 0 aliphatic rings. The normalized spacial score (nSPS) is 13.3. The van der Waals surface area contributed by atoms with Crippen LogP contribution in [0.2, 0.25) is 0 Å². The Bertz CT molecular complexity index is 904. The number of hydrogen-bond donors (Lipinski definition) is 1. The summed E-state index contributed by atoms with van der Waals surface area (Å²) in [6.07, 6.45) is 1.66. The monoisotopic (exact) mass is 338 g/mol. The van der Waals surface area contributed by atoms with Gasteiger partial charge in [0.25, 0.3) is 0 Å². The molecule has 1 aromatic heterocycles. The number of H-pyrrole nitrogens is 1. The van der Waals surface area contributed by atoms with Gasteiger partial charge in [-0.1, -0.05) is 48.5 Å². The first-order valence-corrected chi connectivity index (χ1v) is 8.00. The Kier molecular flexibility index (Phi) is 4.52. The zero-order valence-electron chi connectivity index (χ0n) is 13.8. The Morgan fingerprint density at radius 2 is 1.84 bits per heavy atom. The number of carbonyl (C=O) groups is 1. The van der Waals surface area contributed by atoms with E-state index in [-0.39, 0.29) is 6.61 Å². The van der Waals surface area contributed by atoms with Gasteiger partial charge in [0.15, 0.2) is 5.41 Å². The van der Waals surface area contributed by atoms with E-state index in [1.165, 1.54) is 0 Å². The standard InChI is InChI=1S/C19H18N2O4/c1-2-25-18(22)19(13-21(23)24,14-8-4-3-5-9-14)16-12-20-17-11-7-6-10-15(16)17/h3-12,20H,2,13H2,1H3/t19-/m0/s1. The van der Waals surface area contributed by atoms with Crippen LogP contribution in [0.15, 0.2) is 60.8 Å². The van der Waals surface area contributed by atoms with Gasteiger partial charge in [0.2, 0.25) is 6.54 Å². The lowest BCUT2D eigenvalue weighted by Crippen LogP contribution is -2.44. The summed E-state index contributed by atoms with van der Waals surface area (Å²) in [5, 5.41) is 12.3. The molecule has 0 radical (unpaired) electrons. The Morgan fingerprint density at radius 1 is 1.16 bits per heavy atom. The van der Waals surface area contributed by atoms with E-state index in [1.54, 1.807) is 43.5 Å². The number of rotatable bonds is 6. The fourth-order valence-corrected chi connectivity index (χ4v) is 3.22. The summed E-state index contributed by atoms with van der Waals surface area (Å²) in [6.45, 7) is 1.25. The van der Waals surface area contributed by atoms with Crippen molar-refractivity contribution in [1.29, 1.82) is 0 Å². The highest BCUT2D eigenvalue weighted by molar-refractivity contribution is 5.95. The third-order valence-corrected chi connectivity index (χ3v) is 4.31. The molecule has 0 saturated heterocycles. The molecule has 0 amide bonds. The molecule has 1 atom stereocenters. The van der Waals surface area contributed by atoms with E-state index >= 15 is 0 Å². The number of carbonyl (C=O) groups excluding carboxylic acids is 1. The van der Waals surface area contributed by atoms with Crippen LogP contribution in [0.3, 0.4) is 0 Å². The first-order valence-electron chi connectivity index (χ1n) is 8.00. The highest BCUT2D eigenvalue weighted by Gasteiger charge is 2.49. The molecule has 0 spiro atoms. The van der Waals surface area contributed by atoms with E-state index in [0.29, 0.717) is 11.1 Å². The van der Waals surface area contributed by atoms with Crippen molar-refractivity contribution in [3.05, 3.63) is 82.0 Å². The SMILES string of the molecule is CCOC(=O)[C@@](C[N+](=O)[O-])(c1ccccc1)c1c[nH]c2ccccc12. The van der Waals surface area contributed by atoms with Crippen LogP contribution < -0.4 is 0 Å². The van der Waals surface area contributed by atoms with Crippen LogP contribution in [0.25, 0.3) is 10.9 Å². The van der Waals surface area contributed by atoms with Crippen molar-refractivity contribution in [2.24, 2.45) is 0 Å². The molecule has 3 rings (SSSR count). The van der Waals surface area contributed by atoms with Gasteiger partial charge in [-0.05, 0) is 18.6 Å². The molecule has 0 saturated carbocycles. The quantitative estimate of drug-likeness (QED) is 0.424. The maximum absolute atomic E-state index is 13.0. The molecule has 25 heavy (non-hydrogen) atoms. The minimum atomic E-state index is -1.51. The van der Waals surface area contributed by atoms with Crippen molar-refractivity contribution in [1.82, 2.24) is 4.98 Å². The van der Waals surface area contributed by atoms with Crippen LogP contribution in [0.4, 0.5) is 0 Å². The van der Waals surface area contributed by atoms with Gasteiger partial charge in [0, 0.05) is 27.6 Å². The summed E-state index contributed by atoms with van der Waals surface area (Å²) < 4.78 is 5.28. The summed E-state index contributed by atoms with van der Waals surface area (Å²) >= 11 is 0. The van der Waals surface area contributed by atoms with E-state index in [0.717, 1.165) is 10.9 Å². The van der Waals surface area contributed by atoms with Gasteiger partial charge in [-0.3, -0.25) is 14.9 Å². The van der Waals surface area contributed by atoms with Crippen LogP contribution in [-0.4, -0.2) is 29.0 Å². The van der Waals surface area contributed by atoms with Crippen LogP contribution in [-0.2, 0) is 14.9 Å². The second kappa shape index (κ2) is 6.76. The number of nitrogens with one attached hydrogen (secondary N) is 1. The molecule has 1 heterocycles. The first-order chi connectivity index (χ1) is 12.1. The fraction of sp³-hybridized carbons (Fsp3) is 0.211. The smallest absolute Gasteiger partial charge is 0.327 e. The van der Waals surface area contributed by atoms with Gasteiger partial charge in [-0.15, -0.1) is 0 Å². The van der Waals surface area contributed by atoms with Crippen LogP contribution in [0.5, 0.6) is 0 Å². The number of esters is 1. The molecule has 0 unspecified atom stereocenters. The fourth-order valence-electron chi connectivity index (χ4n) is 3.22. The number of hydrogen-bond acceptors (Lipinski definition) is 4. The first kappa shape index (κ1) is 16.7. The lowest BCUT2D eigenvalue weighted by atomic mass is 9.74. The van der Waals surface area contributed by atoms with Crippen LogP contribution >= 0.6 is 0 Å². The highest BCUT2D eigenvalue weighted by Crippen LogP contribution is 2.38. The van der Waals surface area contributed by atoms with Crippen LogP contribution in [0, 0.1) is 10.1 Å². The Morgan fingerprint density at radius 3 is 2.52 bits per heavy atom. The van der Waals surface area contributed by atoms with Crippen molar-refractivity contribution in [2.75, 3.05) is 13.2 Å². The zero-order chi connectivity index (χ0) is 17.9. The van der Waals surface area contributed by atoms with Gasteiger partial charge >= 0.3 is 5.97 Å². The number of fused-ring (bicyclic) bond motifs is 1. The van der Waals surface area contributed by atoms with Crippen molar-refractivity contribution >= 4 is 16.9 Å². The van der Waals surface area contributed by atoms with Crippen molar-refractivity contribution < 1.29 is 14.5 Å². The van der Waals surface area contributed by atoms with Crippen molar-refractivity contribution in [2.45, 2.75) is 12.3 Å². The molecule has 3 aromatic rings. The van der Waals surface area contributed by atoms with Gasteiger partial charge < -0.3 is 9.72 Å². The number of nitro groups is 1. The molecule has 1 N–H and O–H groups in total. The number of aromatic nitrogens is 1. The molecule has 6 nitrogen and oxygen atoms in total. The van der Waals surface area contributed by atoms with E-state index in [9.17, 15) is 14.9 Å². The number of para-hydroxylation sites is 1. The van der Waals surface area contributed by atoms with Crippen LogP contribution in [0.1, 0.15) is 18.1 Å². The molecule has 0 aliphatic heterocycles. The second-order valence-electron chi connectivity index (χ2n) is 5.73. The van der Waals surface area contributed by atoms with E-state index in [4.69, 9.17) is 4.74 Å². The van der Waals surface area contributed by atoms with Gasteiger partial charge in [-0.2, -0.15) is 0 Å². The summed E-state index contributed by atoms with van der Waals surface area (Å²) in [6, 6.07) is 16.2. The Hall–Kier alpha value is -3.15.